The summed E-state index contributed by atoms with van der Waals surface area (Å²) in [7, 11) is 1.54. The fourth-order valence-corrected chi connectivity index (χ4v) is 2.94. The zero-order valence-corrected chi connectivity index (χ0v) is 18.7. The van der Waals surface area contributed by atoms with Crippen molar-refractivity contribution in [3.63, 3.8) is 0 Å². The van der Waals surface area contributed by atoms with Gasteiger partial charge in [-0.3, -0.25) is 19.7 Å². The van der Waals surface area contributed by atoms with Crippen LogP contribution in [0.25, 0.3) is 6.08 Å². The zero-order valence-electron chi connectivity index (χ0n) is 17.9. The Morgan fingerprint density at radius 2 is 1.76 bits per heavy atom. The first-order valence-electron chi connectivity index (χ1n) is 9.87. The molecule has 0 spiro atoms. The number of nitrogens with zero attached hydrogens (tertiary/aromatic N) is 2. The number of methoxy groups -OCH3 is 1. The number of benzene rings is 3. The molecular formula is C24H19ClN4O5. The first-order chi connectivity index (χ1) is 16.4. The Hall–Kier alpha value is -4.50. The van der Waals surface area contributed by atoms with Crippen LogP contribution >= 0.6 is 11.6 Å². The van der Waals surface area contributed by atoms with Gasteiger partial charge in [0, 0.05) is 28.3 Å². The van der Waals surface area contributed by atoms with Gasteiger partial charge in [0.1, 0.15) is 11.4 Å². The largest absolute Gasteiger partial charge is 0.497 e. The quantitative estimate of drug-likeness (QED) is 0.217. The van der Waals surface area contributed by atoms with Gasteiger partial charge < -0.3 is 10.1 Å². The predicted molar refractivity (Wildman–Crippen MR) is 129 cm³/mol. The second kappa shape index (κ2) is 11.4. The van der Waals surface area contributed by atoms with Gasteiger partial charge in [0.25, 0.3) is 17.5 Å². The normalized spacial score (nSPS) is 11.2. The number of rotatable bonds is 8. The number of amides is 2. The third-order valence-corrected chi connectivity index (χ3v) is 4.86. The zero-order chi connectivity index (χ0) is 24.5. The summed E-state index contributed by atoms with van der Waals surface area (Å²) in [5.74, 6) is -0.561. The summed E-state index contributed by atoms with van der Waals surface area (Å²) in [6.07, 6.45) is 2.66. The van der Waals surface area contributed by atoms with Crippen molar-refractivity contribution in [3.05, 3.63) is 110 Å². The van der Waals surface area contributed by atoms with E-state index >= 15 is 0 Å². The van der Waals surface area contributed by atoms with Crippen molar-refractivity contribution in [3.8, 4) is 5.75 Å². The Labute approximate surface area is 199 Å². The molecule has 34 heavy (non-hydrogen) atoms. The highest BCUT2D eigenvalue weighted by molar-refractivity contribution is 6.33. The van der Waals surface area contributed by atoms with Crippen molar-refractivity contribution in [2.45, 2.75) is 0 Å². The first kappa shape index (κ1) is 24.1. The highest BCUT2D eigenvalue weighted by Gasteiger charge is 2.15. The summed E-state index contributed by atoms with van der Waals surface area (Å²) in [4.78, 5) is 35.8. The Bertz CT molecular complexity index is 1260. The van der Waals surface area contributed by atoms with Crippen LogP contribution in [0.4, 0.5) is 5.69 Å². The Kier molecular flexibility index (Phi) is 8.09. The Morgan fingerprint density at radius 1 is 1.06 bits per heavy atom. The average Bonchev–Trinajstić information content (AvgIpc) is 2.85. The van der Waals surface area contributed by atoms with E-state index in [-0.39, 0.29) is 22.0 Å². The van der Waals surface area contributed by atoms with Gasteiger partial charge in [-0.15, -0.1) is 0 Å². The number of hydrogen-bond acceptors (Lipinski definition) is 6. The lowest BCUT2D eigenvalue weighted by molar-refractivity contribution is -0.384. The maximum Gasteiger partial charge on any atom is 0.287 e. The number of carbonyl (C=O) groups excluding carboxylic acids is 2. The molecule has 172 valence electrons. The minimum atomic E-state index is -0.710. The number of halogens is 1. The molecule has 0 bridgehead atoms. The van der Waals surface area contributed by atoms with E-state index in [1.54, 1.807) is 54.6 Å². The molecule has 0 aliphatic heterocycles. The summed E-state index contributed by atoms with van der Waals surface area (Å²) in [5.41, 5.74) is 3.29. The number of nitrogens with one attached hydrogen (secondary N) is 2. The second-order valence-corrected chi connectivity index (χ2v) is 7.22. The lowest BCUT2D eigenvalue weighted by Gasteiger charge is -2.09. The molecule has 3 aromatic rings. The molecule has 0 saturated heterocycles. The van der Waals surface area contributed by atoms with Gasteiger partial charge in [0.2, 0.25) is 0 Å². The number of nitro groups is 1. The fraction of sp³-hybridized carbons (Fsp3) is 0.0417. The smallest absolute Gasteiger partial charge is 0.287 e. The number of non-ortho nitro benzene ring substituents is 1. The minimum absolute atomic E-state index is 0.0682. The molecule has 9 nitrogen and oxygen atoms in total. The number of nitro benzene ring substituents is 1. The molecule has 0 aliphatic carbocycles. The maximum absolute atomic E-state index is 12.8. The van der Waals surface area contributed by atoms with E-state index in [4.69, 9.17) is 16.3 Å². The second-order valence-electron chi connectivity index (χ2n) is 6.81. The lowest BCUT2D eigenvalue weighted by Crippen LogP contribution is -2.32. The number of hydrazone groups is 1. The summed E-state index contributed by atoms with van der Waals surface area (Å²) in [5, 5.41) is 17.6. The van der Waals surface area contributed by atoms with Gasteiger partial charge in [0.15, 0.2) is 0 Å². The van der Waals surface area contributed by atoms with E-state index in [1.165, 1.54) is 37.6 Å². The van der Waals surface area contributed by atoms with Crippen LogP contribution < -0.4 is 15.5 Å². The summed E-state index contributed by atoms with van der Waals surface area (Å²) < 4.78 is 5.13. The van der Waals surface area contributed by atoms with Crippen molar-refractivity contribution in [2.75, 3.05) is 7.11 Å². The van der Waals surface area contributed by atoms with Crippen LogP contribution in [0, 0.1) is 10.1 Å². The standard InChI is InChI=1S/C24H19ClN4O5/c1-34-20-10-7-16(8-11-20)13-22(27-23(30)17-5-3-2-4-6-17)24(31)28-26-15-18-14-19(29(32)33)9-12-21(18)25/h2-15H,1H3,(H,27,30)(H,28,31). The summed E-state index contributed by atoms with van der Waals surface area (Å²) >= 11 is 6.04. The molecule has 0 aliphatic rings. The Morgan fingerprint density at radius 3 is 2.41 bits per heavy atom. The average molecular weight is 479 g/mol. The summed E-state index contributed by atoms with van der Waals surface area (Å²) in [6, 6.07) is 19.1. The van der Waals surface area contributed by atoms with E-state index < -0.39 is 16.7 Å². The number of ether oxygens (including phenoxy) is 1. The SMILES string of the molecule is COc1ccc(C=C(NC(=O)c2ccccc2)C(=O)NN=Cc2cc([N+](=O)[O-])ccc2Cl)cc1. The van der Waals surface area contributed by atoms with Crippen molar-refractivity contribution in [1.29, 1.82) is 0 Å². The van der Waals surface area contributed by atoms with Gasteiger partial charge in [0.05, 0.1) is 18.2 Å². The Balaban J connectivity index is 1.83. The van der Waals surface area contributed by atoms with Crippen molar-refractivity contribution in [1.82, 2.24) is 10.7 Å². The predicted octanol–water partition coefficient (Wildman–Crippen LogP) is 4.18. The van der Waals surface area contributed by atoms with Crippen LogP contribution in [0.5, 0.6) is 5.75 Å². The molecule has 3 rings (SSSR count). The van der Waals surface area contributed by atoms with Gasteiger partial charge in [-0.05, 0) is 42.0 Å². The van der Waals surface area contributed by atoms with Crippen LogP contribution in [0.2, 0.25) is 5.02 Å². The molecule has 3 aromatic carbocycles. The lowest BCUT2D eigenvalue weighted by atomic mass is 10.1. The number of carbonyl (C=O) groups is 2. The highest BCUT2D eigenvalue weighted by Crippen LogP contribution is 2.20. The molecular weight excluding hydrogens is 460 g/mol. The monoisotopic (exact) mass is 478 g/mol. The van der Waals surface area contributed by atoms with Gasteiger partial charge >= 0.3 is 0 Å². The molecule has 0 atom stereocenters. The fourth-order valence-electron chi connectivity index (χ4n) is 2.77. The van der Waals surface area contributed by atoms with E-state index in [0.29, 0.717) is 16.9 Å². The maximum atomic E-state index is 12.8. The summed E-state index contributed by atoms with van der Waals surface area (Å²) in [6.45, 7) is 0. The minimum Gasteiger partial charge on any atom is -0.497 e. The van der Waals surface area contributed by atoms with Gasteiger partial charge in [-0.1, -0.05) is 41.9 Å². The van der Waals surface area contributed by atoms with Crippen LogP contribution in [0.1, 0.15) is 21.5 Å². The van der Waals surface area contributed by atoms with E-state index in [0.717, 1.165) is 0 Å². The molecule has 2 N–H and O–H groups in total. The highest BCUT2D eigenvalue weighted by atomic mass is 35.5. The van der Waals surface area contributed by atoms with Crippen molar-refractivity contribution >= 4 is 41.4 Å². The molecule has 0 aromatic heterocycles. The third kappa shape index (κ3) is 6.50. The van der Waals surface area contributed by atoms with Gasteiger partial charge in [-0.25, -0.2) is 5.43 Å². The van der Waals surface area contributed by atoms with Crippen LogP contribution in [0.15, 0.2) is 83.6 Å². The molecule has 0 saturated carbocycles. The molecule has 10 heteroatoms. The first-order valence-corrected chi connectivity index (χ1v) is 10.2. The topological polar surface area (TPSA) is 123 Å². The molecule has 0 fully saturated rings. The van der Waals surface area contributed by atoms with Crippen LogP contribution in [-0.2, 0) is 4.79 Å². The molecule has 0 heterocycles. The number of hydrogen-bond donors (Lipinski definition) is 2. The van der Waals surface area contributed by atoms with E-state index in [9.17, 15) is 19.7 Å². The van der Waals surface area contributed by atoms with Crippen molar-refractivity contribution in [2.24, 2.45) is 5.10 Å². The van der Waals surface area contributed by atoms with E-state index in [1.807, 2.05) is 0 Å². The van der Waals surface area contributed by atoms with Crippen LogP contribution in [0.3, 0.4) is 0 Å². The molecule has 2 amide bonds. The molecule has 0 radical (unpaired) electrons. The third-order valence-electron chi connectivity index (χ3n) is 4.52. The van der Waals surface area contributed by atoms with Crippen LogP contribution in [-0.4, -0.2) is 30.1 Å². The van der Waals surface area contributed by atoms with Crippen molar-refractivity contribution < 1.29 is 19.2 Å². The van der Waals surface area contributed by atoms with E-state index in [2.05, 4.69) is 15.8 Å². The van der Waals surface area contributed by atoms with Gasteiger partial charge in [-0.2, -0.15) is 5.10 Å². The molecule has 0 unspecified atom stereocenters.